The zero-order valence-electron chi connectivity index (χ0n) is 7.03. The van der Waals surface area contributed by atoms with Crippen molar-refractivity contribution in [3.63, 3.8) is 0 Å². The lowest BCUT2D eigenvalue weighted by atomic mass is 10.2. The lowest BCUT2D eigenvalue weighted by molar-refractivity contribution is 0.0515. The topological polar surface area (TPSA) is 43.4 Å². The molecule has 1 aromatic carbocycles. The zero-order chi connectivity index (χ0) is 9.52. The molecule has 0 heterocycles. The molecule has 0 saturated heterocycles. The van der Waals surface area contributed by atoms with Crippen molar-refractivity contribution in [3.8, 4) is 0 Å². The van der Waals surface area contributed by atoms with Crippen molar-refractivity contribution >= 4 is 12.3 Å². The third kappa shape index (κ3) is 3.07. The van der Waals surface area contributed by atoms with Crippen molar-refractivity contribution in [1.82, 2.24) is 0 Å². The van der Waals surface area contributed by atoms with Crippen LogP contribution in [0.15, 0.2) is 30.3 Å². The molecule has 0 spiro atoms. The summed E-state index contributed by atoms with van der Waals surface area (Å²) in [5.41, 5.74) is 0.494. The molecule has 0 atom stereocenters. The smallest absolute Gasteiger partial charge is 0.338 e. The van der Waals surface area contributed by atoms with Crippen LogP contribution < -0.4 is 0 Å². The third-order valence-electron chi connectivity index (χ3n) is 1.45. The van der Waals surface area contributed by atoms with Crippen molar-refractivity contribution in [1.29, 1.82) is 0 Å². The molecule has 67 valence electrons. The van der Waals surface area contributed by atoms with Crippen molar-refractivity contribution < 1.29 is 14.3 Å². The van der Waals surface area contributed by atoms with Gasteiger partial charge in [0.1, 0.15) is 0 Å². The Morgan fingerprint density at radius 3 is 2.62 bits per heavy atom. The highest BCUT2D eigenvalue weighted by molar-refractivity contribution is 5.89. The van der Waals surface area contributed by atoms with E-state index in [0.717, 1.165) is 0 Å². The molecule has 0 aromatic heterocycles. The monoisotopic (exact) mass is 177 g/mol. The summed E-state index contributed by atoms with van der Waals surface area (Å²) in [6, 6.07) is 8.64. The van der Waals surface area contributed by atoms with E-state index in [1.807, 2.05) is 6.07 Å². The van der Waals surface area contributed by atoms with Crippen molar-refractivity contribution in [2.45, 2.75) is 6.42 Å². The Kier molecular flexibility index (Phi) is 3.70. The Hall–Kier alpha value is -1.64. The average molecular weight is 177 g/mol. The van der Waals surface area contributed by atoms with Gasteiger partial charge in [-0.2, -0.15) is 0 Å². The molecule has 13 heavy (non-hydrogen) atoms. The molecule has 1 aromatic rings. The van der Waals surface area contributed by atoms with E-state index < -0.39 is 5.97 Å². The molecule has 0 aliphatic heterocycles. The van der Waals surface area contributed by atoms with Gasteiger partial charge in [-0.25, -0.2) is 4.79 Å². The summed E-state index contributed by atoms with van der Waals surface area (Å²) in [6.45, 7) is 0.0945. The maximum absolute atomic E-state index is 11.2. The van der Waals surface area contributed by atoms with Gasteiger partial charge in [0, 0.05) is 6.42 Å². The van der Waals surface area contributed by atoms with E-state index >= 15 is 0 Å². The van der Waals surface area contributed by atoms with E-state index in [9.17, 15) is 9.59 Å². The van der Waals surface area contributed by atoms with Crippen LogP contribution >= 0.6 is 0 Å². The standard InChI is InChI=1S/C10H9O3/c11-7-4-8-13-10(12)9-5-2-1-3-6-9/h1-3,5-6H,4,8H2. The van der Waals surface area contributed by atoms with Crippen molar-refractivity contribution in [2.75, 3.05) is 6.61 Å². The van der Waals surface area contributed by atoms with Crippen LogP contribution in [0, 0.1) is 0 Å². The van der Waals surface area contributed by atoms with Crippen LogP contribution in [0.3, 0.4) is 0 Å². The fraction of sp³-hybridized carbons (Fsp3) is 0.200. The molecule has 0 bridgehead atoms. The summed E-state index contributed by atoms with van der Waals surface area (Å²) >= 11 is 0. The van der Waals surface area contributed by atoms with Crippen LogP contribution in [0.25, 0.3) is 0 Å². The van der Waals surface area contributed by atoms with Crippen molar-refractivity contribution in [2.24, 2.45) is 0 Å². The molecular weight excluding hydrogens is 168 g/mol. The van der Waals surface area contributed by atoms with Gasteiger partial charge < -0.3 is 4.74 Å². The quantitative estimate of drug-likeness (QED) is 0.515. The van der Waals surface area contributed by atoms with E-state index in [2.05, 4.69) is 0 Å². The second-order valence-electron chi connectivity index (χ2n) is 2.40. The van der Waals surface area contributed by atoms with E-state index in [0.29, 0.717) is 5.56 Å². The van der Waals surface area contributed by atoms with Gasteiger partial charge in [-0.3, -0.25) is 4.79 Å². The normalized spacial score (nSPS) is 9.23. The zero-order valence-corrected chi connectivity index (χ0v) is 7.03. The van der Waals surface area contributed by atoms with Crippen LogP contribution in [-0.2, 0) is 9.53 Å². The second kappa shape index (κ2) is 5.09. The third-order valence-corrected chi connectivity index (χ3v) is 1.45. The number of benzene rings is 1. The molecule has 0 unspecified atom stereocenters. The van der Waals surface area contributed by atoms with E-state index in [1.165, 1.54) is 0 Å². The SMILES string of the molecule is O=[C]CCOC(=O)c1ccccc1. The number of carbonyl (C=O) groups is 1. The Balaban J connectivity index is 2.45. The highest BCUT2D eigenvalue weighted by Crippen LogP contribution is 2.00. The highest BCUT2D eigenvalue weighted by atomic mass is 16.5. The number of carbonyl (C=O) groups excluding carboxylic acids is 2. The van der Waals surface area contributed by atoms with Gasteiger partial charge in [0.2, 0.25) is 6.29 Å². The lowest BCUT2D eigenvalue weighted by Crippen LogP contribution is -2.06. The van der Waals surface area contributed by atoms with Crippen LogP contribution in [0.1, 0.15) is 16.8 Å². The summed E-state index contributed by atoms with van der Waals surface area (Å²) < 4.78 is 4.77. The average Bonchev–Trinajstić information content (AvgIpc) is 2.19. The summed E-state index contributed by atoms with van der Waals surface area (Å²) in [5, 5.41) is 0. The fourth-order valence-electron chi connectivity index (χ4n) is 0.843. The maximum atomic E-state index is 11.2. The van der Waals surface area contributed by atoms with Crippen LogP contribution in [0.5, 0.6) is 0 Å². The first-order valence-corrected chi connectivity index (χ1v) is 3.92. The molecule has 3 nitrogen and oxygen atoms in total. The van der Waals surface area contributed by atoms with E-state index in [1.54, 1.807) is 30.6 Å². The molecular formula is C10H9O3. The number of hydrogen-bond donors (Lipinski definition) is 0. The highest BCUT2D eigenvalue weighted by Gasteiger charge is 2.04. The Morgan fingerprint density at radius 2 is 2.00 bits per heavy atom. The lowest BCUT2D eigenvalue weighted by Gasteiger charge is -2.00. The minimum absolute atomic E-state index is 0.0945. The number of hydrogen-bond acceptors (Lipinski definition) is 3. The summed E-state index contributed by atoms with van der Waals surface area (Å²) in [5.74, 6) is -0.407. The maximum Gasteiger partial charge on any atom is 0.338 e. The Labute approximate surface area is 76.3 Å². The predicted molar refractivity (Wildman–Crippen MR) is 47.0 cm³/mol. The first kappa shape index (κ1) is 9.45. The van der Waals surface area contributed by atoms with Crippen LogP contribution in [-0.4, -0.2) is 18.9 Å². The van der Waals surface area contributed by atoms with Gasteiger partial charge in [0.25, 0.3) is 0 Å². The molecule has 0 N–H and O–H groups in total. The van der Waals surface area contributed by atoms with E-state index in [-0.39, 0.29) is 13.0 Å². The number of esters is 1. The number of ether oxygens (including phenoxy) is 1. The van der Waals surface area contributed by atoms with Gasteiger partial charge in [0.05, 0.1) is 12.2 Å². The molecule has 3 heteroatoms. The first-order valence-electron chi connectivity index (χ1n) is 3.92. The Morgan fingerprint density at radius 1 is 1.31 bits per heavy atom. The Bertz CT molecular complexity index is 279. The summed E-state index contributed by atoms with van der Waals surface area (Å²) in [4.78, 5) is 21.0. The van der Waals surface area contributed by atoms with E-state index in [4.69, 9.17) is 4.74 Å². The molecule has 1 rings (SSSR count). The predicted octanol–water partition coefficient (Wildman–Crippen LogP) is 1.34. The van der Waals surface area contributed by atoms with Crippen molar-refractivity contribution in [3.05, 3.63) is 35.9 Å². The van der Waals surface area contributed by atoms with Gasteiger partial charge in [-0.1, -0.05) is 18.2 Å². The molecule has 0 amide bonds. The van der Waals surface area contributed by atoms with Crippen LogP contribution in [0.4, 0.5) is 0 Å². The fourth-order valence-corrected chi connectivity index (χ4v) is 0.843. The van der Waals surface area contributed by atoms with Gasteiger partial charge in [0.15, 0.2) is 0 Å². The largest absolute Gasteiger partial charge is 0.462 e. The second-order valence-corrected chi connectivity index (χ2v) is 2.40. The van der Waals surface area contributed by atoms with Crippen LogP contribution in [0.2, 0.25) is 0 Å². The van der Waals surface area contributed by atoms with Gasteiger partial charge >= 0.3 is 5.97 Å². The van der Waals surface area contributed by atoms with Gasteiger partial charge in [-0.15, -0.1) is 0 Å². The molecule has 0 aliphatic rings. The summed E-state index contributed by atoms with van der Waals surface area (Å²) in [7, 11) is 0. The molecule has 0 fully saturated rings. The molecule has 0 saturated carbocycles. The minimum atomic E-state index is -0.407. The first-order chi connectivity index (χ1) is 6.34. The summed E-state index contributed by atoms with van der Waals surface area (Å²) in [6.07, 6.45) is 1.77. The van der Waals surface area contributed by atoms with Gasteiger partial charge in [-0.05, 0) is 12.1 Å². The number of rotatable bonds is 4. The minimum Gasteiger partial charge on any atom is -0.462 e. The molecule has 0 aliphatic carbocycles. The molecule has 1 radical (unpaired) electrons.